The van der Waals surface area contributed by atoms with Crippen molar-refractivity contribution >= 4 is 17.9 Å². The molecule has 1 aromatic rings. The molecule has 0 aliphatic heterocycles. The van der Waals surface area contributed by atoms with Crippen LogP contribution in [0.2, 0.25) is 0 Å². The molecule has 0 aliphatic rings. The Morgan fingerprint density at radius 2 is 1.62 bits per heavy atom. The summed E-state index contributed by atoms with van der Waals surface area (Å²) >= 11 is 0. The van der Waals surface area contributed by atoms with E-state index in [4.69, 9.17) is 14.6 Å². The minimum absolute atomic E-state index is 0.121. The molecule has 0 unspecified atom stereocenters. The van der Waals surface area contributed by atoms with Crippen molar-refractivity contribution in [2.24, 2.45) is 0 Å². The van der Waals surface area contributed by atoms with Crippen LogP contribution in [0.3, 0.4) is 0 Å². The van der Waals surface area contributed by atoms with Crippen LogP contribution in [0.15, 0.2) is 36.4 Å². The maximum Gasteiger partial charge on any atom is 0.342 e. The Bertz CT molecular complexity index is 600. The van der Waals surface area contributed by atoms with Gasteiger partial charge >= 0.3 is 17.9 Å². The lowest BCUT2D eigenvalue weighted by molar-refractivity contribution is -0.191. The number of carbonyl (C=O) groups is 3. The normalized spacial score (nSPS) is 10.6. The van der Waals surface area contributed by atoms with Crippen LogP contribution in [0.25, 0.3) is 0 Å². The van der Waals surface area contributed by atoms with E-state index < -0.39 is 23.7 Å². The van der Waals surface area contributed by atoms with Crippen LogP contribution in [0.5, 0.6) is 0 Å². The molecule has 0 saturated carbocycles. The number of ether oxygens (including phenoxy) is 2. The minimum Gasteiger partial charge on any atom is -0.478 e. The fourth-order valence-electron chi connectivity index (χ4n) is 1.46. The Morgan fingerprint density at radius 3 is 2.10 bits per heavy atom. The lowest BCUT2D eigenvalue weighted by atomic mass is 10.1. The van der Waals surface area contributed by atoms with Crippen molar-refractivity contribution in [3.63, 3.8) is 0 Å². The Hall–Kier alpha value is -2.63. The molecule has 0 amide bonds. The third-order valence-electron chi connectivity index (χ3n) is 2.40. The highest BCUT2D eigenvalue weighted by Gasteiger charge is 2.29. The topological polar surface area (TPSA) is 89.9 Å². The van der Waals surface area contributed by atoms with Crippen LogP contribution in [0, 0.1) is 0 Å². The van der Waals surface area contributed by atoms with Gasteiger partial charge in [0.1, 0.15) is 0 Å². The maximum absolute atomic E-state index is 12.0. The minimum atomic E-state index is -1.54. The van der Waals surface area contributed by atoms with Gasteiger partial charge in [-0.15, -0.1) is 0 Å². The molecule has 0 fully saturated rings. The van der Waals surface area contributed by atoms with Crippen molar-refractivity contribution in [3.8, 4) is 0 Å². The van der Waals surface area contributed by atoms with Crippen LogP contribution in [-0.4, -0.2) is 28.8 Å². The second-order valence-electron chi connectivity index (χ2n) is 4.81. The second kappa shape index (κ2) is 6.21. The number of benzene rings is 1. The van der Waals surface area contributed by atoms with Gasteiger partial charge in [-0.05, 0) is 19.1 Å². The van der Waals surface area contributed by atoms with Crippen molar-refractivity contribution in [1.82, 2.24) is 0 Å². The maximum atomic E-state index is 12.0. The van der Waals surface area contributed by atoms with Gasteiger partial charge in [-0.1, -0.05) is 18.7 Å². The highest BCUT2D eigenvalue weighted by molar-refractivity contribution is 6.02. The highest BCUT2D eigenvalue weighted by atomic mass is 16.7. The van der Waals surface area contributed by atoms with Crippen molar-refractivity contribution in [2.75, 3.05) is 0 Å². The number of carboxylic acid groups (broad SMARTS) is 1. The summed E-state index contributed by atoms with van der Waals surface area (Å²) in [4.78, 5) is 34.5. The van der Waals surface area contributed by atoms with Crippen molar-refractivity contribution < 1.29 is 29.0 Å². The summed E-state index contributed by atoms with van der Waals surface area (Å²) in [7, 11) is 0. The molecule has 0 atom stereocenters. The van der Waals surface area contributed by atoms with E-state index in [0.717, 1.165) is 0 Å². The van der Waals surface area contributed by atoms with Crippen molar-refractivity contribution in [3.05, 3.63) is 47.5 Å². The average Bonchev–Trinajstić information content (AvgIpc) is 2.37. The molecular formula is C15H16O6. The molecule has 0 radical (unpaired) electrons. The van der Waals surface area contributed by atoms with Crippen molar-refractivity contribution in [1.29, 1.82) is 0 Å². The first-order valence-electron chi connectivity index (χ1n) is 6.08. The van der Waals surface area contributed by atoms with Gasteiger partial charge in [0, 0.05) is 19.4 Å². The molecule has 1 aromatic carbocycles. The van der Waals surface area contributed by atoms with Crippen LogP contribution in [0.4, 0.5) is 0 Å². The van der Waals surface area contributed by atoms with E-state index in [0.29, 0.717) is 0 Å². The van der Waals surface area contributed by atoms with E-state index in [1.807, 2.05) is 0 Å². The first-order chi connectivity index (χ1) is 9.64. The van der Waals surface area contributed by atoms with E-state index in [-0.39, 0.29) is 16.7 Å². The Labute approximate surface area is 122 Å². The summed E-state index contributed by atoms with van der Waals surface area (Å²) in [5, 5.41) is 9.03. The Balaban J connectivity index is 2.93. The smallest absolute Gasteiger partial charge is 0.342 e. The van der Waals surface area contributed by atoms with E-state index in [1.165, 1.54) is 45.0 Å². The molecule has 0 saturated heterocycles. The largest absolute Gasteiger partial charge is 0.478 e. The first-order valence-corrected chi connectivity index (χ1v) is 6.08. The van der Waals surface area contributed by atoms with Gasteiger partial charge in [0.15, 0.2) is 0 Å². The quantitative estimate of drug-likeness (QED) is 0.509. The number of carboxylic acids is 1. The van der Waals surface area contributed by atoms with Crippen LogP contribution >= 0.6 is 0 Å². The molecule has 112 valence electrons. The van der Waals surface area contributed by atoms with E-state index in [9.17, 15) is 14.4 Å². The van der Waals surface area contributed by atoms with Gasteiger partial charge in [0.05, 0.1) is 11.1 Å². The summed E-state index contributed by atoms with van der Waals surface area (Å²) in [5.41, 5.74) is -0.154. The van der Waals surface area contributed by atoms with E-state index in [1.54, 1.807) is 0 Å². The molecule has 0 bridgehead atoms. The number of esters is 2. The van der Waals surface area contributed by atoms with E-state index >= 15 is 0 Å². The lowest BCUT2D eigenvalue weighted by Gasteiger charge is -2.25. The number of aromatic carboxylic acids is 1. The third kappa shape index (κ3) is 4.45. The monoisotopic (exact) mass is 292 g/mol. The fourth-order valence-corrected chi connectivity index (χ4v) is 1.46. The first kappa shape index (κ1) is 16.4. The molecule has 0 aromatic heterocycles. The molecule has 21 heavy (non-hydrogen) atoms. The molecule has 1 rings (SSSR count). The average molecular weight is 292 g/mol. The molecule has 0 heterocycles. The zero-order chi connectivity index (χ0) is 16.2. The number of hydrogen-bond donors (Lipinski definition) is 1. The van der Waals surface area contributed by atoms with Gasteiger partial charge in [-0.3, -0.25) is 0 Å². The molecule has 1 N–H and O–H groups in total. The Kier molecular flexibility index (Phi) is 4.86. The standard InChI is InChI=1S/C15H16O6/c1-9(2)13(18)20-15(3,4)21-14(19)11-8-6-5-7-10(11)12(16)17/h5-8H,1H2,2-4H3,(H,16,17). The molecule has 0 spiro atoms. The summed E-state index contributed by atoms with van der Waals surface area (Å²) in [5.74, 6) is -4.40. The molecule has 0 aliphatic carbocycles. The summed E-state index contributed by atoms with van der Waals surface area (Å²) in [6.45, 7) is 7.62. The van der Waals surface area contributed by atoms with Crippen molar-refractivity contribution in [2.45, 2.75) is 26.6 Å². The lowest BCUT2D eigenvalue weighted by Crippen LogP contribution is -2.34. The number of hydrogen-bond acceptors (Lipinski definition) is 5. The predicted molar refractivity (Wildman–Crippen MR) is 73.8 cm³/mol. The Morgan fingerprint density at radius 1 is 1.10 bits per heavy atom. The summed E-state index contributed by atoms with van der Waals surface area (Å²) in [6.07, 6.45) is 0. The van der Waals surface area contributed by atoms with Gasteiger partial charge in [-0.25, -0.2) is 14.4 Å². The molecular weight excluding hydrogens is 276 g/mol. The zero-order valence-electron chi connectivity index (χ0n) is 12.0. The van der Waals surface area contributed by atoms with E-state index in [2.05, 4.69) is 6.58 Å². The second-order valence-corrected chi connectivity index (χ2v) is 4.81. The molecule has 6 nitrogen and oxygen atoms in total. The number of rotatable bonds is 5. The van der Waals surface area contributed by atoms with Gasteiger partial charge in [0.25, 0.3) is 5.79 Å². The fraction of sp³-hybridized carbons (Fsp3) is 0.267. The number of carbonyl (C=O) groups excluding carboxylic acids is 2. The molecule has 6 heteroatoms. The van der Waals surface area contributed by atoms with Gasteiger partial charge in [0.2, 0.25) is 0 Å². The SMILES string of the molecule is C=C(C)C(=O)OC(C)(C)OC(=O)c1ccccc1C(=O)O. The van der Waals surface area contributed by atoms with Crippen LogP contribution in [-0.2, 0) is 14.3 Å². The van der Waals surface area contributed by atoms with Gasteiger partial charge < -0.3 is 14.6 Å². The predicted octanol–water partition coefficient (Wildman–Crippen LogP) is 2.40. The van der Waals surface area contributed by atoms with Crippen LogP contribution in [0.1, 0.15) is 41.5 Å². The highest BCUT2D eigenvalue weighted by Crippen LogP contribution is 2.18. The van der Waals surface area contributed by atoms with Gasteiger partial charge in [-0.2, -0.15) is 0 Å². The summed E-state index contributed by atoms with van der Waals surface area (Å²) in [6, 6.07) is 5.61. The third-order valence-corrected chi connectivity index (χ3v) is 2.40. The summed E-state index contributed by atoms with van der Waals surface area (Å²) < 4.78 is 10.0. The zero-order valence-corrected chi connectivity index (χ0v) is 12.0. The van der Waals surface area contributed by atoms with Crippen LogP contribution < -0.4 is 0 Å².